The van der Waals surface area contributed by atoms with E-state index in [1.165, 1.54) is 89.9 Å². The van der Waals surface area contributed by atoms with E-state index in [9.17, 15) is 28.5 Å². The molecule has 0 radical (unpaired) electrons. The van der Waals surface area contributed by atoms with Crippen molar-refractivity contribution in [1.29, 1.82) is 0 Å². The summed E-state index contributed by atoms with van der Waals surface area (Å²) in [6, 6.07) is 0. The Kier molecular flexibility index (Phi) is 33.4. The van der Waals surface area contributed by atoms with Crippen LogP contribution in [-0.2, 0) is 38.3 Å². The second kappa shape index (κ2) is 35.5. The fourth-order valence-corrected chi connectivity index (χ4v) is 7.17. The Morgan fingerprint density at radius 2 is 1.12 bits per heavy atom. The number of aliphatic hydroxyl groups excluding tert-OH is 3. The van der Waals surface area contributed by atoms with Crippen LogP contribution < -0.4 is 0 Å². The Morgan fingerprint density at radius 3 is 1.64 bits per heavy atom. The number of rotatable bonds is 38. The van der Waals surface area contributed by atoms with Gasteiger partial charge in [0.05, 0.1) is 19.8 Å². The SMILES string of the molecule is CCCCC/C=C\CCCCCCCC(=O)OC(COCCCCCCCC/C=C\CCCCCCCCC)COC1OC(CO)C(O)C(OS(=O)(=O)O)C1O. The minimum atomic E-state index is -5.06. The number of hydrogen-bond acceptors (Lipinski definition) is 11. The van der Waals surface area contributed by atoms with Crippen molar-refractivity contribution in [3.05, 3.63) is 24.3 Å². The van der Waals surface area contributed by atoms with Gasteiger partial charge in [0.25, 0.3) is 0 Å². The van der Waals surface area contributed by atoms with Gasteiger partial charge >= 0.3 is 16.4 Å². The van der Waals surface area contributed by atoms with E-state index >= 15 is 0 Å². The average molecular weight is 821 g/mol. The number of carbonyl (C=O) groups excluding carboxylic acids is 1. The van der Waals surface area contributed by atoms with Gasteiger partial charge in [-0.2, -0.15) is 8.42 Å². The van der Waals surface area contributed by atoms with Crippen molar-refractivity contribution < 1.29 is 56.2 Å². The lowest BCUT2D eigenvalue weighted by molar-refractivity contribution is -0.301. The maximum Gasteiger partial charge on any atom is 0.397 e. The molecule has 0 aromatic rings. The second-order valence-electron chi connectivity index (χ2n) is 15.3. The molecule has 4 N–H and O–H groups in total. The van der Waals surface area contributed by atoms with E-state index in [-0.39, 0.29) is 19.6 Å². The van der Waals surface area contributed by atoms with E-state index in [4.69, 9.17) is 23.5 Å². The molecule has 1 saturated heterocycles. The number of aliphatic hydroxyl groups is 3. The van der Waals surface area contributed by atoms with Crippen molar-refractivity contribution >= 4 is 16.4 Å². The molecular weight excluding hydrogens is 741 g/mol. The molecule has 12 nitrogen and oxygen atoms in total. The highest BCUT2D eigenvalue weighted by Gasteiger charge is 2.48. The number of ether oxygens (including phenoxy) is 4. The molecule has 1 heterocycles. The Hall–Kier alpha value is -1.42. The Labute approximate surface area is 340 Å². The van der Waals surface area contributed by atoms with Crippen LogP contribution >= 0.6 is 0 Å². The molecule has 0 aromatic heterocycles. The lowest BCUT2D eigenvalue weighted by atomic mass is 9.99. The van der Waals surface area contributed by atoms with Gasteiger partial charge in [0, 0.05) is 13.0 Å². The predicted molar refractivity (Wildman–Crippen MR) is 221 cm³/mol. The summed E-state index contributed by atoms with van der Waals surface area (Å²) >= 11 is 0. The molecule has 330 valence electrons. The topological polar surface area (TPSA) is 178 Å². The third kappa shape index (κ3) is 28.9. The number of hydrogen-bond donors (Lipinski definition) is 4. The normalized spacial score (nSPS) is 21.0. The third-order valence-electron chi connectivity index (χ3n) is 10.0. The minimum Gasteiger partial charge on any atom is -0.457 e. The van der Waals surface area contributed by atoms with Crippen LogP contribution in [0, 0.1) is 0 Å². The third-order valence-corrected chi connectivity index (χ3v) is 10.5. The first kappa shape index (κ1) is 52.6. The van der Waals surface area contributed by atoms with Gasteiger partial charge < -0.3 is 34.3 Å². The summed E-state index contributed by atoms with van der Waals surface area (Å²) in [4.78, 5) is 12.8. The number of allylic oxidation sites excluding steroid dienone is 4. The zero-order valence-electron chi connectivity index (χ0n) is 34.9. The largest absolute Gasteiger partial charge is 0.457 e. The van der Waals surface area contributed by atoms with E-state index < -0.39 is 59.8 Å². The molecule has 6 atom stereocenters. The Balaban J connectivity index is 2.44. The summed E-state index contributed by atoms with van der Waals surface area (Å²) < 4.78 is 58.9. The fourth-order valence-electron chi connectivity index (χ4n) is 6.66. The predicted octanol–water partition coefficient (Wildman–Crippen LogP) is 8.85. The van der Waals surface area contributed by atoms with Crippen molar-refractivity contribution in [1.82, 2.24) is 0 Å². The van der Waals surface area contributed by atoms with E-state index in [2.05, 4.69) is 42.3 Å². The van der Waals surface area contributed by atoms with Crippen molar-refractivity contribution in [2.45, 2.75) is 218 Å². The van der Waals surface area contributed by atoms with Gasteiger partial charge in [-0.15, -0.1) is 0 Å². The molecule has 0 bridgehead atoms. The number of carbonyl (C=O) groups is 1. The molecule has 6 unspecified atom stereocenters. The van der Waals surface area contributed by atoms with Gasteiger partial charge in [0.15, 0.2) is 6.29 Å². The molecule has 0 saturated carbocycles. The maximum absolute atomic E-state index is 12.8. The Morgan fingerprint density at radius 1 is 0.661 bits per heavy atom. The van der Waals surface area contributed by atoms with Crippen LogP contribution in [0.15, 0.2) is 24.3 Å². The van der Waals surface area contributed by atoms with Crippen LogP contribution in [0.1, 0.15) is 181 Å². The monoisotopic (exact) mass is 821 g/mol. The molecule has 56 heavy (non-hydrogen) atoms. The highest BCUT2D eigenvalue weighted by Crippen LogP contribution is 2.26. The smallest absolute Gasteiger partial charge is 0.397 e. The van der Waals surface area contributed by atoms with Gasteiger partial charge in [-0.1, -0.05) is 134 Å². The summed E-state index contributed by atoms with van der Waals surface area (Å²) in [7, 11) is -5.06. The summed E-state index contributed by atoms with van der Waals surface area (Å²) in [5.41, 5.74) is 0. The summed E-state index contributed by atoms with van der Waals surface area (Å²) in [5, 5.41) is 30.6. The average Bonchev–Trinajstić information content (AvgIpc) is 3.17. The van der Waals surface area contributed by atoms with Gasteiger partial charge in [0.1, 0.15) is 30.5 Å². The molecular formula is C43H80O12S. The number of esters is 1. The quantitative estimate of drug-likeness (QED) is 0.0202. The lowest BCUT2D eigenvalue weighted by Gasteiger charge is -2.41. The van der Waals surface area contributed by atoms with Gasteiger partial charge in [0.2, 0.25) is 0 Å². The summed E-state index contributed by atoms with van der Waals surface area (Å²) in [5.74, 6) is -0.411. The molecule has 0 aliphatic carbocycles. The molecule has 1 fully saturated rings. The van der Waals surface area contributed by atoms with Gasteiger partial charge in [-0.25, -0.2) is 4.18 Å². The molecule has 0 amide bonds. The minimum absolute atomic E-state index is 0.0305. The van der Waals surface area contributed by atoms with Crippen molar-refractivity contribution in [3.63, 3.8) is 0 Å². The summed E-state index contributed by atoms with van der Waals surface area (Å²) in [6.07, 6.45) is 29.3. The molecule has 1 rings (SSSR count). The van der Waals surface area contributed by atoms with Gasteiger partial charge in [-0.3, -0.25) is 9.35 Å². The van der Waals surface area contributed by atoms with E-state index in [1.807, 2.05) is 0 Å². The Bertz CT molecular complexity index is 1080. The highest BCUT2D eigenvalue weighted by molar-refractivity contribution is 7.80. The molecule has 1 aliphatic rings. The molecule has 0 aromatic carbocycles. The zero-order chi connectivity index (χ0) is 41.1. The molecule has 0 spiro atoms. The van der Waals surface area contributed by atoms with Crippen molar-refractivity contribution in [2.24, 2.45) is 0 Å². The van der Waals surface area contributed by atoms with Crippen molar-refractivity contribution in [2.75, 3.05) is 26.4 Å². The highest BCUT2D eigenvalue weighted by atomic mass is 32.3. The van der Waals surface area contributed by atoms with E-state index in [0.717, 1.165) is 64.2 Å². The first-order chi connectivity index (χ1) is 27.1. The van der Waals surface area contributed by atoms with Gasteiger partial charge in [-0.05, 0) is 64.2 Å². The van der Waals surface area contributed by atoms with Crippen LogP contribution in [0.3, 0.4) is 0 Å². The maximum atomic E-state index is 12.8. The van der Waals surface area contributed by atoms with Crippen LogP contribution in [0.5, 0.6) is 0 Å². The number of unbranched alkanes of at least 4 members (excludes halogenated alkanes) is 21. The summed E-state index contributed by atoms with van der Waals surface area (Å²) in [6.45, 7) is 3.94. The van der Waals surface area contributed by atoms with Crippen LogP contribution in [0.25, 0.3) is 0 Å². The van der Waals surface area contributed by atoms with E-state index in [0.29, 0.717) is 13.0 Å². The fraction of sp³-hybridized carbons (Fsp3) is 0.884. The first-order valence-electron chi connectivity index (χ1n) is 22.1. The molecule has 13 heteroatoms. The standard InChI is InChI=1S/C43H80O12S/c1-3-5-7-9-11-13-15-17-18-19-20-21-23-25-27-29-31-33-51-35-37(53-39(45)32-30-28-26-24-22-16-14-12-10-8-6-4-2)36-52-43-41(47)42(55-56(48,49)50)40(46)38(34-44)54-43/h12,14,18-19,37-38,40-44,46-47H,3-11,13,15-17,20-36H2,1-2H3,(H,48,49,50)/b14-12-,19-18-. The lowest BCUT2D eigenvalue weighted by Crippen LogP contribution is -2.60. The molecule has 1 aliphatic heterocycles. The zero-order valence-corrected chi connectivity index (χ0v) is 35.8. The second-order valence-corrected chi connectivity index (χ2v) is 16.3. The van der Waals surface area contributed by atoms with Crippen LogP contribution in [-0.4, -0.2) is 97.5 Å². The van der Waals surface area contributed by atoms with Crippen LogP contribution in [0.2, 0.25) is 0 Å². The first-order valence-corrected chi connectivity index (χ1v) is 23.5. The van der Waals surface area contributed by atoms with E-state index in [1.54, 1.807) is 0 Å². The van der Waals surface area contributed by atoms with Crippen molar-refractivity contribution in [3.8, 4) is 0 Å². The van der Waals surface area contributed by atoms with Crippen LogP contribution in [0.4, 0.5) is 0 Å².